The number of hydrogen-bond acceptors (Lipinski definition) is 1. The Morgan fingerprint density at radius 1 is 1.11 bits per heavy atom. The molecule has 0 unspecified atom stereocenters. The van der Waals surface area contributed by atoms with Crippen molar-refractivity contribution in [2.24, 2.45) is 0 Å². The third kappa shape index (κ3) is 3.02. The summed E-state index contributed by atoms with van der Waals surface area (Å²) in [6.45, 7) is 2.68. The van der Waals surface area contributed by atoms with Crippen molar-refractivity contribution in [1.82, 2.24) is 5.32 Å². The molecule has 98 valence electrons. The van der Waals surface area contributed by atoms with E-state index in [1.165, 1.54) is 18.4 Å². The van der Waals surface area contributed by atoms with Crippen LogP contribution in [0.4, 0.5) is 4.39 Å². The lowest BCUT2D eigenvalue weighted by Crippen LogP contribution is -2.16. The maximum Gasteiger partial charge on any atom is 0.128 e. The molecule has 1 N–H and O–H groups in total. The molecule has 0 bridgehead atoms. The Labute approximate surface area is 113 Å². The molecule has 2 heteroatoms. The molecular formula is C17H18FN. The molecule has 0 radical (unpaired) electrons. The molecular weight excluding hydrogens is 237 g/mol. The Balaban J connectivity index is 1.81. The highest BCUT2D eigenvalue weighted by Crippen LogP contribution is 2.24. The first-order valence-corrected chi connectivity index (χ1v) is 6.81. The summed E-state index contributed by atoms with van der Waals surface area (Å²) in [5.74, 6) is -0.118. The average molecular weight is 255 g/mol. The van der Waals surface area contributed by atoms with Gasteiger partial charge in [0.15, 0.2) is 0 Å². The molecule has 2 aromatic carbocycles. The van der Waals surface area contributed by atoms with Crippen LogP contribution in [0.5, 0.6) is 0 Å². The van der Waals surface area contributed by atoms with E-state index in [2.05, 4.69) is 11.4 Å². The maximum absolute atomic E-state index is 14.1. The summed E-state index contributed by atoms with van der Waals surface area (Å²) in [6, 6.07) is 14.3. The SMILES string of the molecule is Cc1cccc(-c2ccc(CNC3CC3)c(F)c2)c1. The minimum Gasteiger partial charge on any atom is -0.310 e. The lowest BCUT2D eigenvalue weighted by atomic mass is 10.0. The Morgan fingerprint density at radius 2 is 1.89 bits per heavy atom. The second kappa shape index (κ2) is 5.14. The molecule has 0 heterocycles. The Bertz CT molecular complexity index is 588. The number of halogens is 1. The molecule has 19 heavy (non-hydrogen) atoms. The molecule has 1 saturated carbocycles. The Hall–Kier alpha value is -1.67. The molecule has 0 atom stereocenters. The normalized spacial score (nSPS) is 14.6. The number of aryl methyl sites for hydroxylation is 1. The van der Waals surface area contributed by atoms with Crippen molar-refractivity contribution in [3.05, 3.63) is 59.4 Å². The standard InChI is InChI=1S/C17H18FN/c1-12-3-2-4-13(9-12)14-5-6-15(17(18)10-14)11-19-16-7-8-16/h2-6,9-10,16,19H,7-8,11H2,1H3. The van der Waals surface area contributed by atoms with Gasteiger partial charge < -0.3 is 5.32 Å². The van der Waals surface area contributed by atoms with Gasteiger partial charge in [0, 0.05) is 18.2 Å². The fourth-order valence-corrected chi connectivity index (χ4v) is 2.24. The van der Waals surface area contributed by atoms with Crippen molar-refractivity contribution in [3.8, 4) is 11.1 Å². The maximum atomic E-state index is 14.1. The molecule has 1 nitrogen and oxygen atoms in total. The van der Waals surface area contributed by atoms with E-state index in [1.54, 1.807) is 6.07 Å². The van der Waals surface area contributed by atoms with E-state index in [-0.39, 0.29) is 5.82 Å². The largest absolute Gasteiger partial charge is 0.310 e. The van der Waals surface area contributed by atoms with Crippen LogP contribution in [0.1, 0.15) is 24.0 Å². The van der Waals surface area contributed by atoms with Crippen LogP contribution in [0.15, 0.2) is 42.5 Å². The van der Waals surface area contributed by atoms with E-state index in [4.69, 9.17) is 0 Å². The molecule has 2 aromatic rings. The van der Waals surface area contributed by atoms with Crippen LogP contribution >= 0.6 is 0 Å². The van der Waals surface area contributed by atoms with Gasteiger partial charge in [-0.3, -0.25) is 0 Å². The molecule has 1 aliphatic carbocycles. The van der Waals surface area contributed by atoms with Gasteiger partial charge in [-0.05, 0) is 37.0 Å². The first-order chi connectivity index (χ1) is 9.22. The monoisotopic (exact) mass is 255 g/mol. The zero-order chi connectivity index (χ0) is 13.2. The fourth-order valence-electron chi connectivity index (χ4n) is 2.24. The summed E-state index contributed by atoms with van der Waals surface area (Å²) in [5, 5.41) is 3.34. The molecule has 1 aliphatic rings. The van der Waals surface area contributed by atoms with Crippen LogP contribution in [0.25, 0.3) is 11.1 Å². The zero-order valence-corrected chi connectivity index (χ0v) is 11.1. The van der Waals surface area contributed by atoms with Crippen molar-refractivity contribution in [3.63, 3.8) is 0 Å². The van der Waals surface area contributed by atoms with Crippen LogP contribution in [-0.2, 0) is 6.54 Å². The molecule has 0 saturated heterocycles. The second-order valence-corrected chi connectivity index (χ2v) is 5.33. The van der Waals surface area contributed by atoms with E-state index in [0.717, 1.165) is 16.7 Å². The lowest BCUT2D eigenvalue weighted by Gasteiger charge is -2.08. The summed E-state index contributed by atoms with van der Waals surface area (Å²) in [6.07, 6.45) is 2.45. The Kier molecular flexibility index (Phi) is 3.34. The highest BCUT2D eigenvalue weighted by atomic mass is 19.1. The summed E-state index contributed by atoms with van der Waals surface area (Å²) < 4.78 is 14.1. The van der Waals surface area contributed by atoms with E-state index in [9.17, 15) is 4.39 Å². The first-order valence-electron chi connectivity index (χ1n) is 6.81. The zero-order valence-electron chi connectivity index (χ0n) is 11.1. The minimum atomic E-state index is -0.118. The first kappa shape index (κ1) is 12.4. The van der Waals surface area contributed by atoms with E-state index in [0.29, 0.717) is 12.6 Å². The van der Waals surface area contributed by atoms with Crippen molar-refractivity contribution >= 4 is 0 Å². The molecule has 1 fully saturated rings. The third-order valence-electron chi connectivity index (χ3n) is 3.56. The van der Waals surface area contributed by atoms with Crippen molar-refractivity contribution in [2.45, 2.75) is 32.4 Å². The number of benzene rings is 2. The summed E-state index contributed by atoms with van der Waals surface area (Å²) in [4.78, 5) is 0. The second-order valence-electron chi connectivity index (χ2n) is 5.33. The third-order valence-corrected chi connectivity index (χ3v) is 3.56. The number of hydrogen-bond donors (Lipinski definition) is 1. The fraction of sp³-hybridized carbons (Fsp3) is 0.294. The van der Waals surface area contributed by atoms with E-state index in [1.807, 2.05) is 37.3 Å². The van der Waals surface area contributed by atoms with Gasteiger partial charge in [-0.1, -0.05) is 42.0 Å². The summed E-state index contributed by atoms with van der Waals surface area (Å²) >= 11 is 0. The quantitative estimate of drug-likeness (QED) is 0.869. The van der Waals surface area contributed by atoms with Gasteiger partial charge in [-0.15, -0.1) is 0 Å². The van der Waals surface area contributed by atoms with Gasteiger partial charge in [0.05, 0.1) is 0 Å². The molecule has 0 amide bonds. The van der Waals surface area contributed by atoms with Gasteiger partial charge in [-0.25, -0.2) is 4.39 Å². The minimum absolute atomic E-state index is 0.118. The lowest BCUT2D eigenvalue weighted by molar-refractivity contribution is 0.587. The number of rotatable bonds is 4. The van der Waals surface area contributed by atoms with Crippen LogP contribution in [0.3, 0.4) is 0 Å². The van der Waals surface area contributed by atoms with E-state index >= 15 is 0 Å². The van der Waals surface area contributed by atoms with Crippen LogP contribution in [-0.4, -0.2) is 6.04 Å². The van der Waals surface area contributed by atoms with Crippen LogP contribution in [0, 0.1) is 12.7 Å². The van der Waals surface area contributed by atoms with Crippen molar-refractivity contribution in [2.75, 3.05) is 0 Å². The van der Waals surface area contributed by atoms with Crippen molar-refractivity contribution < 1.29 is 4.39 Å². The highest BCUT2D eigenvalue weighted by molar-refractivity contribution is 5.64. The molecule has 0 spiro atoms. The van der Waals surface area contributed by atoms with Gasteiger partial charge in [0.1, 0.15) is 5.82 Å². The van der Waals surface area contributed by atoms with Gasteiger partial charge in [0.2, 0.25) is 0 Å². The highest BCUT2D eigenvalue weighted by Gasteiger charge is 2.20. The average Bonchev–Trinajstić information content (AvgIpc) is 3.21. The molecule has 3 rings (SSSR count). The van der Waals surface area contributed by atoms with Crippen LogP contribution in [0.2, 0.25) is 0 Å². The predicted molar refractivity (Wildman–Crippen MR) is 76.4 cm³/mol. The van der Waals surface area contributed by atoms with E-state index < -0.39 is 0 Å². The van der Waals surface area contributed by atoms with Gasteiger partial charge in [-0.2, -0.15) is 0 Å². The molecule has 0 aromatic heterocycles. The van der Waals surface area contributed by atoms with Gasteiger partial charge >= 0.3 is 0 Å². The topological polar surface area (TPSA) is 12.0 Å². The van der Waals surface area contributed by atoms with Gasteiger partial charge in [0.25, 0.3) is 0 Å². The summed E-state index contributed by atoms with van der Waals surface area (Å²) in [5.41, 5.74) is 3.96. The summed E-state index contributed by atoms with van der Waals surface area (Å²) in [7, 11) is 0. The van der Waals surface area contributed by atoms with Crippen LogP contribution < -0.4 is 5.32 Å². The van der Waals surface area contributed by atoms with Crippen molar-refractivity contribution in [1.29, 1.82) is 0 Å². The molecule has 0 aliphatic heterocycles. The predicted octanol–water partition coefficient (Wildman–Crippen LogP) is 4.05. The Morgan fingerprint density at radius 3 is 2.58 bits per heavy atom. The number of nitrogens with one attached hydrogen (secondary N) is 1. The smallest absolute Gasteiger partial charge is 0.128 e.